The number of nitrogens with one attached hydrogen (secondary N) is 8. The Kier molecular flexibility index (Phi) is 8.16. The van der Waals surface area contributed by atoms with Crippen LogP contribution in [0.15, 0.2) is 0 Å². The van der Waals surface area contributed by atoms with Crippen molar-refractivity contribution in [1.82, 2.24) is 62.5 Å². The van der Waals surface area contributed by atoms with Crippen LogP contribution in [0.25, 0.3) is 0 Å². The summed E-state index contributed by atoms with van der Waals surface area (Å²) < 4.78 is 0. The third-order valence-electron chi connectivity index (χ3n) is 2.81. The quantitative estimate of drug-likeness (QED) is 0.186. The average Bonchev–Trinajstić information content (AvgIpc) is 3.30. The zero-order valence-corrected chi connectivity index (χ0v) is 13.7. The van der Waals surface area contributed by atoms with Gasteiger partial charge >= 0.3 is 12.1 Å². The highest BCUT2D eigenvalue weighted by molar-refractivity contribution is 5.87. The van der Waals surface area contributed by atoms with Gasteiger partial charge in [0.2, 0.25) is 11.9 Å². The predicted octanol–water partition coefficient (Wildman–Crippen LogP) is -3.16. The van der Waals surface area contributed by atoms with Crippen molar-refractivity contribution in [1.29, 1.82) is 0 Å². The van der Waals surface area contributed by atoms with Gasteiger partial charge < -0.3 is 21.3 Å². The lowest BCUT2D eigenvalue weighted by Gasteiger charge is -2.08. The molecule has 0 radical (unpaired) electrons. The van der Waals surface area contributed by atoms with E-state index in [1.165, 1.54) is 0 Å². The van der Waals surface area contributed by atoms with Gasteiger partial charge in [-0.25, -0.2) is 19.8 Å². The lowest BCUT2D eigenvalue weighted by Crippen LogP contribution is -2.39. The molecule has 16 heteroatoms. The monoisotopic (exact) mass is 368 g/mol. The second-order valence-electron chi connectivity index (χ2n) is 4.76. The largest absolute Gasteiger partial charge is 0.337 e. The molecule has 26 heavy (non-hydrogen) atoms. The first kappa shape index (κ1) is 18.9. The second-order valence-corrected chi connectivity index (χ2v) is 4.76. The Labute approximate surface area is 147 Å². The maximum atomic E-state index is 11.4. The summed E-state index contributed by atoms with van der Waals surface area (Å²) in [5.74, 6) is 0.360. The number of carbonyl (C=O) groups is 2. The van der Waals surface area contributed by atoms with Gasteiger partial charge in [0.05, 0.1) is 0 Å². The molecule has 2 aromatic rings. The van der Waals surface area contributed by atoms with Crippen LogP contribution < -0.4 is 31.9 Å². The number of carbonyl (C=O) groups excluding carboxylic acids is 2. The Balaban J connectivity index is 1.34. The number of urea groups is 2. The summed E-state index contributed by atoms with van der Waals surface area (Å²) in [6.45, 7) is 3.54. The van der Waals surface area contributed by atoms with Crippen LogP contribution in [0.4, 0.5) is 21.5 Å². The summed E-state index contributed by atoms with van der Waals surface area (Å²) in [4.78, 5) is 22.9. The van der Waals surface area contributed by atoms with E-state index in [0.29, 0.717) is 39.3 Å². The third kappa shape index (κ3) is 7.93. The summed E-state index contributed by atoms with van der Waals surface area (Å²) in [5, 5.41) is 41.7. The van der Waals surface area contributed by atoms with Gasteiger partial charge in [-0.3, -0.25) is 10.6 Å². The molecule has 0 aliphatic rings. The molecule has 0 aliphatic carbocycles. The first-order valence-electron chi connectivity index (χ1n) is 7.72. The number of tetrazole rings is 2. The first-order valence-corrected chi connectivity index (χ1v) is 7.72. The molecular formula is C10H20N14O2. The van der Waals surface area contributed by atoms with Crippen LogP contribution >= 0.6 is 0 Å². The summed E-state index contributed by atoms with van der Waals surface area (Å²) >= 11 is 0. The number of nitrogens with zero attached hydrogens (tertiary/aromatic N) is 6. The van der Waals surface area contributed by atoms with Crippen LogP contribution in [-0.2, 0) is 0 Å². The van der Waals surface area contributed by atoms with Crippen LogP contribution in [0.2, 0.25) is 0 Å². The minimum Gasteiger partial charge on any atom is -0.337 e. The molecular weight excluding hydrogens is 348 g/mol. The number of H-pyrrole nitrogens is 2. The van der Waals surface area contributed by atoms with Crippen LogP contribution in [0.3, 0.4) is 0 Å². The molecule has 2 rings (SSSR count). The summed E-state index contributed by atoms with van der Waals surface area (Å²) in [5.41, 5.74) is 0. The van der Waals surface area contributed by atoms with Gasteiger partial charge in [-0.2, -0.15) is 0 Å². The van der Waals surface area contributed by atoms with Gasteiger partial charge in [-0.05, 0) is 20.9 Å². The van der Waals surface area contributed by atoms with E-state index in [0.717, 1.165) is 0 Å². The number of aromatic amines is 2. The minimum absolute atomic E-state index is 0.180. The molecule has 2 heterocycles. The Hall–Kier alpha value is -3.40. The van der Waals surface area contributed by atoms with Crippen molar-refractivity contribution in [3.05, 3.63) is 0 Å². The Morgan fingerprint density at radius 3 is 1.50 bits per heavy atom. The number of hydrogen-bond donors (Lipinski definition) is 8. The average molecular weight is 368 g/mol. The lowest BCUT2D eigenvalue weighted by atomic mass is 10.5. The fraction of sp³-hybridized carbons (Fsp3) is 0.600. The van der Waals surface area contributed by atoms with Crippen LogP contribution in [-0.4, -0.2) is 92.6 Å². The van der Waals surface area contributed by atoms with Crippen molar-refractivity contribution in [2.75, 3.05) is 49.9 Å². The van der Waals surface area contributed by atoms with Gasteiger partial charge in [0, 0.05) is 39.3 Å². The molecule has 0 aliphatic heterocycles. The smallest absolute Gasteiger partial charge is 0.321 e. The molecule has 2 aromatic heterocycles. The van der Waals surface area contributed by atoms with Gasteiger partial charge in [-0.15, -0.1) is 0 Å². The SMILES string of the molecule is O=C(NCCNCCNCCNC(=O)Nc1nnn[nH]1)Nc1nnn[nH]1. The fourth-order valence-corrected chi connectivity index (χ4v) is 1.68. The Bertz CT molecular complexity index is 572. The van der Waals surface area contributed by atoms with E-state index >= 15 is 0 Å². The molecule has 0 bridgehead atoms. The third-order valence-corrected chi connectivity index (χ3v) is 2.81. The van der Waals surface area contributed by atoms with Crippen LogP contribution in [0.1, 0.15) is 0 Å². The summed E-state index contributed by atoms with van der Waals surface area (Å²) in [6.07, 6.45) is 0. The topological polar surface area (TPSA) is 215 Å². The maximum absolute atomic E-state index is 11.4. The van der Waals surface area contributed by atoms with Crippen molar-refractivity contribution < 1.29 is 9.59 Å². The molecule has 8 N–H and O–H groups in total. The number of aromatic nitrogens is 8. The first-order chi connectivity index (χ1) is 12.7. The van der Waals surface area contributed by atoms with E-state index < -0.39 is 12.1 Å². The van der Waals surface area contributed by atoms with Crippen LogP contribution in [0.5, 0.6) is 0 Å². The van der Waals surface area contributed by atoms with Gasteiger partial charge in [0.15, 0.2) is 0 Å². The molecule has 0 atom stereocenters. The molecule has 0 saturated heterocycles. The zero-order chi connectivity index (χ0) is 18.5. The van der Waals surface area contributed by atoms with Crippen molar-refractivity contribution >= 4 is 24.0 Å². The summed E-state index contributed by atoms with van der Waals surface area (Å²) in [6, 6.07) is -0.789. The number of amides is 4. The zero-order valence-electron chi connectivity index (χ0n) is 13.7. The lowest BCUT2D eigenvalue weighted by molar-refractivity contribution is 0.251. The molecule has 0 unspecified atom stereocenters. The molecule has 0 spiro atoms. The van der Waals surface area contributed by atoms with Gasteiger partial charge in [-0.1, -0.05) is 10.2 Å². The van der Waals surface area contributed by atoms with Crippen molar-refractivity contribution in [3.63, 3.8) is 0 Å². The Morgan fingerprint density at radius 1 is 0.692 bits per heavy atom. The van der Waals surface area contributed by atoms with E-state index in [2.05, 4.69) is 73.1 Å². The predicted molar refractivity (Wildman–Crippen MR) is 88.1 cm³/mol. The van der Waals surface area contributed by atoms with E-state index in [-0.39, 0.29) is 11.9 Å². The van der Waals surface area contributed by atoms with Crippen molar-refractivity contribution in [2.24, 2.45) is 0 Å². The van der Waals surface area contributed by atoms with Crippen molar-refractivity contribution in [3.8, 4) is 0 Å². The maximum Gasteiger partial charge on any atom is 0.321 e. The fourth-order valence-electron chi connectivity index (χ4n) is 1.68. The molecule has 0 saturated carbocycles. The Morgan fingerprint density at radius 2 is 1.12 bits per heavy atom. The van der Waals surface area contributed by atoms with E-state index in [4.69, 9.17) is 0 Å². The second kappa shape index (κ2) is 11.2. The number of hydrogen-bond acceptors (Lipinski definition) is 10. The highest BCUT2D eigenvalue weighted by Gasteiger charge is 2.03. The molecule has 4 amide bonds. The molecule has 0 fully saturated rings. The highest BCUT2D eigenvalue weighted by atomic mass is 16.2. The number of anilines is 2. The van der Waals surface area contributed by atoms with E-state index in [1.54, 1.807) is 0 Å². The molecule has 142 valence electrons. The van der Waals surface area contributed by atoms with E-state index in [9.17, 15) is 9.59 Å². The highest BCUT2D eigenvalue weighted by Crippen LogP contribution is 1.89. The van der Waals surface area contributed by atoms with Crippen LogP contribution in [0, 0.1) is 0 Å². The standard InChI is InChI=1S/C10H20N14O2/c25-9(15-7-17-21-22-18-7)13-5-3-11-1-2-12-4-6-14-10(26)16-8-19-23-24-20-8/h11-12H,1-6H2,(H3,13,15,17,18,21,22,25)(H3,14,16,19,20,23,24,26). The normalized spacial score (nSPS) is 10.3. The number of rotatable bonds is 11. The molecule has 0 aromatic carbocycles. The van der Waals surface area contributed by atoms with Crippen molar-refractivity contribution in [2.45, 2.75) is 0 Å². The van der Waals surface area contributed by atoms with E-state index in [1.807, 2.05) is 0 Å². The summed E-state index contributed by atoms with van der Waals surface area (Å²) in [7, 11) is 0. The minimum atomic E-state index is -0.395. The molecule has 16 nitrogen and oxygen atoms in total. The van der Waals surface area contributed by atoms with Gasteiger partial charge in [0.1, 0.15) is 0 Å². The van der Waals surface area contributed by atoms with Gasteiger partial charge in [0.25, 0.3) is 0 Å².